The highest BCUT2D eigenvalue weighted by molar-refractivity contribution is 7.47. The summed E-state index contributed by atoms with van der Waals surface area (Å²) < 4.78 is 68.6. The zero-order valence-corrected chi connectivity index (χ0v) is 65.2. The van der Waals surface area contributed by atoms with E-state index in [-0.39, 0.29) is 25.7 Å². The van der Waals surface area contributed by atoms with E-state index in [0.717, 1.165) is 135 Å². The van der Waals surface area contributed by atoms with E-state index in [4.69, 9.17) is 37.0 Å². The molecule has 3 N–H and O–H groups in total. The van der Waals surface area contributed by atoms with Crippen LogP contribution in [0.5, 0.6) is 0 Å². The van der Waals surface area contributed by atoms with Gasteiger partial charge in [0.05, 0.1) is 26.4 Å². The van der Waals surface area contributed by atoms with Crippen LogP contribution >= 0.6 is 15.6 Å². The predicted octanol–water partition coefficient (Wildman–Crippen LogP) is 23.0. The van der Waals surface area contributed by atoms with Crippen LogP contribution in [-0.4, -0.2) is 96.7 Å². The van der Waals surface area contributed by atoms with Gasteiger partial charge in [-0.1, -0.05) is 305 Å². The lowest BCUT2D eigenvalue weighted by Crippen LogP contribution is -2.30. The Morgan fingerprint density at radius 3 is 0.830 bits per heavy atom. The second kappa shape index (κ2) is 73.5. The lowest BCUT2D eigenvalue weighted by atomic mass is 10.0. The molecule has 0 bridgehead atoms. The molecule has 2 unspecified atom stereocenters. The highest BCUT2D eigenvalue weighted by atomic mass is 31.2. The van der Waals surface area contributed by atoms with Gasteiger partial charge in [-0.05, 0) is 103 Å². The molecule has 0 fully saturated rings. The summed E-state index contributed by atoms with van der Waals surface area (Å²) in [7, 11) is -9.96. The van der Waals surface area contributed by atoms with E-state index in [0.29, 0.717) is 25.7 Å². The molecule has 580 valence electrons. The molecule has 5 atom stereocenters. The number of unbranched alkanes of at least 4 members (excludes halogenated alkanes) is 35. The molecule has 0 heterocycles. The Hall–Kier alpha value is -3.76. The molecule has 0 saturated heterocycles. The van der Waals surface area contributed by atoms with Gasteiger partial charge in [0.2, 0.25) is 0 Å². The molecule has 19 heteroatoms. The first-order valence-electron chi connectivity index (χ1n) is 39.8. The van der Waals surface area contributed by atoms with E-state index >= 15 is 0 Å². The summed E-state index contributed by atoms with van der Waals surface area (Å²) in [6, 6.07) is 0. The molecule has 0 aliphatic heterocycles. The molecule has 17 nitrogen and oxygen atoms in total. The fourth-order valence-electron chi connectivity index (χ4n) is 10.8. The van der Waals surface area contributed by atoms with Crippen LogP contribution in [0, 0.1) is 0 Å². The van der Waals surface area contributed by atoms with Gasteiger partial charge in [0.25, 0.3) is 0 Å². The summed E-state index contributed by atoms with van der Waals surface area (Å²) in [6.45, 7) is 4.73. The molecule has 0 saturated carbocycles. The number of carbonyl (C=O) groups is 4. The van der Waals surface area contributed by atoms with Crippen LogP contribution in [0.25, 0.3) is 0 Å². The lowest BCUT2D eigenvalue weighted by Gasteiger charge is -2.21. The van der Waals surface area contributed by atoms with E-state index in [2.05, 4.69) is 113 Å². The first-order valence-corrected chi connectivity index (χ1v) is 42.8. The average Bonchev–Trinajstić information content (AvgIpc) is 1.01. The standard InChI is InChI=1S/C81H144O17P2/c1-5-9-13-17-21-25-29-33-35-36-37-38-40-44-48-52-56-60-64-68-81(86)98-77(72-92-79(84)66-62-58-54-50-46-42-32-28-24-20-16-12-8-4)74-96-100(89,90)94-70-75(82)69-93-99(87,88)95-73-76(71-91-78(83)65-61-57-53-49-45-41-31-27-23-19-15-11-7-3)97-80(85)67-63-59-55-51-47-43-39-34-30-26-22-18-14-10-6-2/h9,13,21-22,25-26,33-35,37-39,44,48,75-77,82H,5-8,10-12,14-20,23-24,27-32,36,40-43,45-47,49-74H2,1-4H3,(H,87,88)(H,89,90)/b13-9-,25-21-,26-22-,35-33-,38-37-,39-34-,48-44-/t75-,76+,77+/m0/s1. The number of esters is 4. The van der Waals surface area contributed by atoms with Crippen LogP contribution < -0.4 is 0 Å². The summed E-state index contributed by atoms with van der Waals surface area (Å²) in [6.07, 6.45) is 75.6. The van der Waals surface area contributed by atoms with Gasteiger partial charge in [-0.15, -0.1) is 0 Å². The Morgan fingerprint density at radius 2 is 0.520 bits per heavy atom. The zero-order chi connectivity index (χ0) is 73.2. The van der Waals surface area contributed by atoms with Crippen LogP contribution in [0.3, 0.4) is 0 Å². The van der Waals surface area contributed by atoms with E-state index in [1.165, 1.54) is 135 Å². The first-order chi connectivity index (χ1) is 48.7. The van der Waals surface area contributed by atoms with Gasteiger partial charge in [0.1, 0.15) is 19.3 Å². The fourth-order valence-corrected chi connectivity index (χ4v) is 12.4. The Morgan fingerprint density at radius 1 is 0.290 bits per heavy atom. The maximum Gasteiger partial charge on any atom is 0.472 e. The number of phosphoric acid groups is 2. The topological polar surface area (TPSA) is 237 Å². The fraction of sp³-hybridized carbons (Fsp3) is 0.778. The number of ether oxygens (including phenoxy) is 4. The number of phosphoric ester groups is 2. The molecule has 0 spiro atoms. The monoisotopic (exact) mass is 1450 g/mol. The van der Waals surface area contributed by atoms with Crippen LogP contribution in [0.4, 0.5) is 0 Å². The Balaban J connectivity index is 5.37. The van der Waals surface area contributed by atoms with Gasteiger partial charge in [-0.25, -0.2) is 9.13 Å². The minimum Gasteiger partial charge on any atom is -0.462 e. The molecule has 0 aliphatic carbocycles. The highest BCUT2D eigenvalue weighted by Gasteiger charge is 2.30. The van der Waals surface area contributed by atoms with Gasteiger partial charge in [0, 0.05) is 25.7 Å². The van der Waals surface area contributed by atoms with Crippen molar-refractivity contribution in [3.8, 4) is 0 Å². The summed E-state index contributed by atoms with van der Waals surface area (Å²) in [5, 5.41) is 10.6. The third-order valence-corrected chi connectivity index (χ3v) is 18.8. The molecule has 0 aromatic rings. The van der Waals surface area contributed by atoms with Crippen LogP contribution in [0.15, 0.2) is 85.1 Å². The Labute approximate surface area is 608 Å². The van der Waals surface area contributed by atoms with E-state index in [9.17, 15) is 43.2 Å². The Bertz CT molecular complexity index is 2230. The van der Waals surface area contributed by atoms with Crippen LogP contribution in [-0.2, 0) is 65.4 Å². The molecular formula is C81H144O17P2. The quantitative estimate of drug-likeness (QED) is 0.0169. The molecule has 0 aromatic heterocycles. The number of allylic oxidation sites excluding steroid dienone is 14. The molecule has 0 aliphatic rings. The number of aliphatic hydroxyl groups excluding tert-OH is 1. The van der Waals surface area contributed by atoms with Crippen molar-refractivity contribution in [1.29, 1.82) is 0 Å². The normalized spacial score (nSPS) is 14.3. The average molecular weight is 1450 g/mol. The second-order valence-corrected chi connectivity index (χ2v) is 29.5. The van der Waals surface area contributed by atoms with E-state index in [1.807, 2.05) is 0 Å². The van der Waals surface area contributed by atoms with Crippen molar-refractivity contribution < 1.29 is 80.2 Å². The van der Waals surface area contributed by atoms with Gasteiger partial charge in [-0.2, -0.15) is 0 Å². The first kappa shape index (κ1) is 96.2. The van der Waals surface area contributed by atoms with Crippen molar-refractivity contribution in [3.05, 3.63) is 85.1 Å². The predicted molar refractivity (Wildman–Crippen MR) is 409 cm³/mol. The second-order valence-electron chi connectivity index (χ2n) is 26.6. The van der Waals surface area contributed by atoms with Crippen molar-refractivity contribution in [2.24, 2.45) is 0 Å². The van der Waals surface area contributed by atoms with Gasteiger partial charge >= 0.3 is 39.5 Å². The largest absolute Gasteiger partial charge is 0.472 e. The molecule has 100 heavy (non-hydrogen) atoms. The van der Waals surface area contributed by atoms with Crippen molar-refractivity contribution in [2.75, 3.05) is 39.6 Å². The minimum absolute atomic E-state index is 0.0583. The maximum atomic E-state index is 13.1. The number of hydrogen-bond acceptors (Lipinski definition) is 15. The van der Waals surface area contributed by atoms with Crippen LogP contribution in [0.2, 0.25) is 0 Å². The minimum atomic E-state index is -4.98. The molecule has 0 amide bonds. The van der Waals surface area contributed by atoms with Gasteiger partial charge < -0.3 is 33.8 Å². The van der Waals surface area contributed by atoms with Gasteiger partial charge in [0.15, 0.2) is 12.2 Å². The van der Waals surface area contributed by atoms with Crippen molar-refractivity contribution in [1.82, 2.24) is 0 Å². The zero-order valence-electron chi connectivity index (χ0n) is 63.4. The maximum absolute atomic E-state index is 13.1. The summed E-state index contributed by atoms with van der Waals surface area (Å²) in [4.78, 5) is 72.9. The molecular weight excluding hydrogens is 1310 g/mol. The van der Waals surface area contributed by atoms with Crippen molar-refractivity contribution >= 4 is 39.5 Å². The van der Waals surface area contributed by atoms with Crippen molar-refractivity contribution in [3.63, 3.8) is 0 Å². The Kier molecular flexibility index (Phi) is 70.8. The van der Waals surface area contributed by atoms with Gasteiger partial charge in [-0.3, -0.25) is 37.3 Å². The molecule has 0 rings (SSSR count). The molecule has 0 aromatic carbocycles. The van der Waals surface area contributed by atoms with Crippen molar-refractivity contribution in [2.45, 2.75) is 367 Å². The lowest BCUT2D eigenvalue weighted by molar-refractivity contribution is -0.161. The third kappa shape index (κ3) is 72.6. The number of aliphatic hydroxyl groups is 1. The van der Waals surface area contributed by atoms with Crippen LogP contribution in [0.1, 0.15) is 349 Å². The SMILES string of the molecule is CC/C=C\C/C=C\C/C=C\C/C=C\C/C=C\CCCCCC(=O)O[C@H](COC(=O)CCCCCCCCCCCCCCC)COP(=O)(O)OC[C@@H](O)COP(=O)(O)OC[C@@H](COC(=O)CCCCCCCCCCCCCCC)OC(=O)CCCCCCC/C=C\C/C=C\CCCCC. The number of hydrogen-bond donors (Lipinski definition) is 3. The smallest absolute Gasteiger partial charge is 0.462 e. The molecule has 0 radical (unpaired) electrons. The number of rotatable bonds is 75. The number of carbonyl (C=O) groups excluding carboxylic acids is 4. The van der Waals surface area contributed by atoms with E-state index in [1.54, 1.807) is 0 Å². The third-order valence-electron chi connectivity index (χ3n) is 16.9. The highest BCUT2D eigenvalue weighted by Crippen LogP contribution is 2.45. The summed E-state index contributed by atoms with van der Waals surface area (Å²) in [5.74, 6) is -2.20. The van der Waals surface area contributed by atoms with E-state index < -0.39 is 97.5 Å². The summed E-state index contributed by atoms with van der Waals surface area (Å²) >= 11 is 0. The summed E-state index contributed by atoms with van der Waals surface area (Å²) in [5.41, 5.74) is 0.